The maximum Gasteiger partial charge on any atom is 0.416 e. The fourth-order valence-electron chi connectivity index (χ4n) is 2.64. The zero-order chi connectivity index (χ0) is 23.4. The number of carbonyl (C=O) groups excluding carboxylic acids is 1. The predicted molar refractivity (Wildman–Crippen MR) is 113 cm³/mol. The van der Waals surface area contributed by atoms with E-state index in [1.807, 2.05) is 4.72 Å². The van der Waals surface area contributed by atoms with Gasteiger partial charge in [-0.05, 0) is 43.2 Å². The van der Waals surface area contributed by atoms with Gasteiger partial charge in [-0.1, -0.05) is 49.4 Å². The van der Waals surface area contributed by atoms with Crippen molar-refractivity contribution >= 4 is 33.2 Å². The topological polar surface area (TPSA) is 75.3 Å². The van der Waals surface area contributed by atoms with Gasteiger partial charge in [-0.2, -0.15) is 13.2 Å². The first kappa shape index (κ1) is 24.5. The number of allylic oxidation sites excluding steroid dienone is 1. The molecule has 10 heteroatoms. The Hall–Kier alpha value is -2.78. The van der Waals surface area contributed by atoms with E-state index in [0.29, 0.717) is 5.70 Å². The molecule has 0 fully saturated rings. The average molecular weight is 473 g/mol. The Balaban J connectivity index is 2.25. The van der Waals surface area contributed by atoms with Crippen molar-refractivity contribution in [2.24, 2.45) is 0 Å². The molecule has 2 aromatic carbocycles. The van der Waals surface area contributed by atoms with Crippen LogP contribution in [0.1, 0.15) is 31.4 Å². The van der Waals surface area contributed by atoms with Crippen molar-refractivity contribution in [1.82, 2.24) is 10.0 Å². The second-order valence-corrected chi connectivity index (χ2v) is 8.56. The molecule has 2 N–H and O–H groups in total. The van der Waals surface area contributed by atoms with Crippen LogP contribution in [0.15, 0.2) is 71.3 Å². The van der Waals surface area contributed by atoms with Gasteiger partial charge >= 0.3 is 6.18 Å². The average Bonchev–Trinajstić information content (AvgIpc) is 2.70. The summed E-state index contributed by atoms with van der Waals surface area (Å²) in [6.07, 6.45) is -4.24. The Bertz CT molecular complexity index is 1140. The molecule has 5 nitrogen and oxygen atoms in total. The lowest BCUT2D eigenvalue weighted by molar-refractivity contribution is -0.137. The van der Waals surface area contributed by atoms with Crippen LogP contribution in [-0.2, 0) is 21.0 Å². The summed E-state index contributed by atoms with van der Waals surface area (Å²) in [5.74, 6) is -0.902. The molecule has 0 saturated carbocycles. The normalized spacial score (nSPS) is 12.7. The van der Waals surface area contributed by atoms with Gasteiger partial charge < -0.3 is 5.32 Å². The molecular formula is C21H20ClF3N2O3S. The number of hydrogen-bond donors (Lipinski definition) is 2. The number of benzene rings is 2. The molecule has 0 aliphatic rings. The van der Waals surface area contributed by atoms with Crippen LogP contribution in [0, 0.1) is 0 Å². The fraction of sp³-hybridized carbons (Fsp3) is 0.190. The highest BCUT2D eigenvalue weighted by atomic mass is 35.5. The molecule has 2 rings (SSSR count). The van der Waals surface area contributed by atoms with Crippen LogP contribution in [-0.4, -0.2) is 14.3 Å². The minimum Gasteiger partial charge on any atom is -0.359 e. The number of amides is 1. The highest BCUT2D eigenvalue weighted by Gasteiger charge is 2.30. The van der Waals surface area contributed by atoms with Crippen LogP contribution in [0.3, 0.4) is 0 Å². The van der Waals surface area contributed by atoms with E-state index in [4.69, 9.17) is 11.6 Å². The van der Waals surface area contributed by atoms with Crippen LogP contribution in [0.5, 0.6) is 0 Å². The molecule has 0 aliphatic heterocycles. The lowest BCUT2D eigenvalue weighted by Gasteiger charge is -2.17. The highest BCUT2D eigenvalue weighted by Crippen LogP contribution is 2.30. The van der Waals surface area contributed by atoms with E-state index in [2.05, 4.69) is 11.9 Å². The summed E-state index contributed by atoms with van der Waals surface area (Å²) < 4.78 is 65.7. The molecule has 0 unspecified atom stereocenters. The number of rotatable bonds is 7. The zero-order valence-electron chi connectivity index (χ0n) is 16.7. The SMILES string of the molecule is C=C(N/C(CC)=C(\C)C(=O)NS(=O)(=O)c1ccccc1Cl)c1cccc(C(F)(F)F)c1. The van der Waals surface area contributed by atoms with Gasteiger partial charge in [0.2, 0.25) is 0 Å². The summed E-state index contributed by atoms with van der Waals surface area (Å²) in [5, 5.41) is 2.77. The summed E-state index contributed by atoms with van der Waals surface area (Å²) in [6.45, 7) is 6.82. The molecule has 0 heterocycles. The second kappa shape index (κ2) is 9.57. The van der Waals surface area contributed by atoms with E-state index in [1.165, 1.54) is 37.3 Å². The van der Waals surface area contributed by atoms with Crippen molar-refractivity contribution < 1.29 is 26.4 Å². The van der Waals surface area contributed by atoms with E-state index < -0.39 is 27.7 Å². The van der Waals surface area contributed by atoms with Crippen LogP contribution >= 0.6 is 11.6 Å². The van der Waals surface area contributed by atoms with Gasteiger partial charge in [-0.3, -0.25) is 4.79 Å². The molecule has 0 spiro atoms. The van der Waals surface area contributed by atoms with E-state index in [0.717, 1.165) is 12.1 Å². The van der Waals surface area contributed by atoms with Crippen LogP contribution in [0.4, 0.5) is 13.2 Å². The van der Waals surface area contributed by atoms with Crippen LogP contribution in [0.2, 0.25) is 5.02 Å². The maximum atomic E-state index is 12.9. The molecule has 0 bridgehead atoms. The smallest absolute Gasteiger partial charge is 0.359 e. The number of alkyl halides is 3. The summed E-state index contributed by atoms with van der Waals surface area (Å²) in [5.41, 5.74) is -0.197. The van der Waals surface area contributed by atoms with Crippen molar-refractivity contribution in [2.45, 2.75) is 31.3 Å². The van der Waals surface area contributed by atoms with E-state index in [-0.39, 0.29) is 33.2 Å². The number of hydrogen-bond acceptors (Lipinski definition) is 4. The largest absolute Gasteiger partial charge is 0.416 e. The summed E-state index contributed by atoms with van der Waals surface area (Å²) in [4.78, 5) is 12.3. The zero-order valence-corrected chi connectivity index (χ0v) is 18.3. The molecule has 0 atom stereocenters. The maximum absolute atomic E-state index is 12.9. The second-order valence-electron chi connectivity index (χ2n) is 6.50. The third kappa shape index (κ3) is 6.11. The van der Waals surface area contributed by atoms with Crippen molar-refractivity contribution in [1.29, 1.82) is 0 Å². The van der Waals surface area contributed by atoms with Gasteiger partial charge in [0, 0.05) is 17.0 Å². The molecule has 0 radical (unpaired) electrons. The third-order valence-electron chi connectivity index (χ3n) is 4.34. The Kier molecular flexibility index (Phi) is 7.56. The standard InChI is InChI=1S/C21H20ClF3N2O3S/c1-4-18(26-14(3)15-8-7-9-16(12-15)21(23,24)25)13(2)20(28)27-31(29,30)19-11-6-5-10-17(19)22/h5-12,26H,3-4H2,1-2H3,(H,27,28)/b18-13+. The molecule has 31 heavy (non-hydrogen) atoms. The lowest BCUT2D eigenvalue weighted by atomic mass is 10.1. The van der Waals surface area contributed by atoms with Gasteiger partial charge in [-0.25, -0.2) is 13.1 Å². The molecule has 2 aromatic rings. The molecule has 1 amide bonds. The molecule has 0 aliphatic carbocycles. The number of sulfonamides is 1. The number of halogens is 4. The minimum atomic E-state index is -4.51. The van der Waals surface area contributed by atoms with Crippen molar-refractivity contribution in [3.05, 3.63) is 82.5 Å². The Labute approximate surface area is 183 Å². The first-order chi connectivity index (χ1) is 14.4. The van der Waals surface area contributed by atoms with E-state index in [1.54, 1.807) is 13.0 Å². The van der Waals surface area contributed by atoms with Gasteiger partial charge in [-0.15, -0.1) is 0 Å². The Morgan fingerprint density at radius 1 is 1.13 bits per heavy atom. The molecule has 0 aromatic heterocycles. The summed E-state index contributed by atoms with van der Waals surface area (Å²) in [7, 11) is -4.22. The Morgan fingerprint density at radius 2 is 1.77 bits per heavy atom. The summed E-state index contributed by atoms with van der Waals surface area (Å²) >= 11 is 5.90. The highest BCUT2D eigenvalue weighted by molar-refractivity contribution is 7.90. The quantitative estimate of drug-likeness (QED) is 0.549. The molecular weight excluding hydrogens is 453 g/mol. The number of nitrogens with one attached hydrogen (secondary N) is 2. The first-order valence-electron chi connectivity index (χ1n) is 9.01. The van der Waals surface area contributed by atoms with Crippen LogP contribution in [0.25, 0.3) is 5.70 Å². The molecule has 0 saturated heterocycles. The van der Waals surface area contributed by atoms with Gasteiger partial charge in [0.05, 0.1) is 10.6 Å². The minimum absolute atomic E-state index is 0.0336. The van der Waals surface area contributed by atoms with Crippen LogP contribution < -0.4 is 10.0 Å². The van der Waals surface area contributed by atoms with E-state index >= 15 is 0 Å². The summed E-state index contributed by atoms with van der Waals surface area (Å²) in [6, 6.07) is 10.2. The van der Waals surface area contributed by atoms with Crippen molar-refractivity contribution in [3.8, 4) is 0 Å². The predicted octanol–water partition coefficient (Wildman–Crippen LogP) is 5.11. The van der Waals surface area contributed by atoms with Gasteiger partial charge in [0.15, 0.2) is 0 Å². The van der Waals surface area contributed by atoms with Crippen molar-refractivity contribution in [2.75, 3.05) is 0 Å². The van der Waals surface area contributed by atoms with E-state index in [9.17, 15) is 26.4 Å². The third-order valence-corrected chi connectivity index (χ3v) is 6.17. The van der Waals surface area contributed by atoms with Gasteiger partial charge in [0.25, 0.3) is 15.9 Å². The lowest BCUT2D eigenvalue weighted by Crippen LogP contribution is -2.32. The number of carbonyl (C=O) groups is 1. The molecule has 166 valence electrons. The Morgan fingerprint density at radius 3 is 2.35 bits per heavy atom. The first-order valence-corrected chi connectivity index (χ1v) is 10.9. The fourth-order valence-corrected chi connectivity index (χ4v) is 4.17. The monoisotopic (exact) mass is 472 g/mol. The van der Waals surface area contributed by atoms with Gasteiger partial charge in [0.1, 0.15) is 4.90 Å². The van der Waals surface area contributed by atoms with Crippen molar-refractivity contribution in [3.63, 3.8) is 0 Å².